The lowest BCUT2D eigenvalue weighted by molar-refractivity contribution is -0.120. The number of piperidine rings is 1. The topological polar surface area (TPSA) is 67.4 Å². The SMILES string of the molecule is CCOc1nc2ccccc2nc1N1CCC[C@@H](C(=O)Nc2ccc(F)c(Cl)c2)C1. The minimum absolute atomic E-state index is 0.0223. The summed E-state index contributed by atoms with van der Waals surface area (Å²) in [5.41, 5.74) is 2.02. The number of carbonyl (C=O) groups is 1. The first-order chi connectivity index (χ1) is 14.5. The van der Waals surface area contributed by atoms with Crippen molar-refractivity contribution in [2.75, 3.05) is 29.9 Å². The Bertz CT molecular complexity index is 1080. The minimum Gasteiger partial charge on any atom is -0.475 e. The van der Waals surface area contributed by atoms with Crippen LogP contribution in [0.25, 0.3) is 11.0 Å². The number of anilines is 2. The third-order valence-electron chi connectivity index (χ3n) is 5.08. The van der Waals surface area contributed by atoms with Crippen molar-refractivity contribution in [3.63, 3.8) is 0 Å². The number of hydrogen-bond donors (Lipinski definition) is 1. The smallest absolute Gasteiger partial charge is 0.258 e. The van der Waals surface area contributed by atoms with Gasteiger partial charge in [-0.05, 0) is 50.1 Å². The molecule has 1 amide bonds. The molecule has 1 aliphatic rings. The standard InChI is InChI=1S/C22H22ClFN4O2/c1-2-30-22-20(26-18-7-3-4-8-19(18)27-22)28-11-5-6-14(13-28)21(29)25-15-9-10-17(24)16(23)12-15/h3-4,7-10,12,14H,2,5-6,11,13H2,1H3,(H,25,29)/t14-/m1/s1. The molecule has 156 valence electrons. The lowest BCUT2D eigenvalue weighted by Gasteiger charge is -2.33. The zero-order valence-electron chi connectivity index (χ0n) is 16.6. The second-order valence-corrected chi connectivity index (χ2v) is 7.58. The van der Waals surface area contributed by atoms with Crippen LogP contribution in [0, 0.1) is 11.7 Å². The van der Waals surface area contributed by atoms with E-state index in [0.717, 1.165) is 30.4 Å². The highest BCUT2D eigenvalue weighted by molar-refractivity contribution is 6.31. The number of carbonyl (C=O) groups excluding carboxylic acids is 1. The van der Waals surface area contributed by atoms with Gasteiger partial charge in [-0.25, -0.2) is 14.4 Å². The molecular formula is C22H22ClFN4O2. The number of ether oxygens (including phenoxy) is 1. The molecule has 0 radical (unpaired) electrons. The second kappa shape index (κ2) is 8.83. The number of nitrogens with zero attached hydrogens (tertiary/aromatic N) is 3. The molecule has 0 bridgehead atoms. The van der Waals surface area contributed by atoms with E-state index in [0.29, 0.717) is 30.5 Å². The number of halogens is 2. The van der Waals surface area contributed by atoms with Crippen molar-refractivity contribution >= 4 is 40.0 Å². The van der Waals surface area contributed by atoms with Gasteiger partial charge >= 0.3 is 0 Å². The second-order valence-electron chi connectivity index (χ2n) is 7.18. The molecule has 0 saturated carbocycles. The van der Waals surface area contributed by atoms with E-state index in [1.165, 1.54) is 18.2 Å². The summed E-state index contributed by atoms with van der Waals surface area (Å²) in [6, 6.07) is 11.8. The Morgan fingerprint density at radius 1 is 1.27 bits per heavy atom. The molecule has 8 heteroatoms. The van der Waals surface area contributed by atoms with E-state index >= 15 is 0 Å². The molecule has 0 unspecified atom stereocenters. The van der Waals surface area contributed by atoms with Crippen LogP contribution in [-0.4, -0.2) is 35.6 Å². The number of rotatable bonds is 5. The Labute approximate surface area is 179 Å². The number of fused-ring (bicyclic) bond motifs is 1. The van der Waals surface area contributed by atoms with Crippen LogP contribution in [0.4, 0.5) is 15.9 Å². The van der Waals surface area contributed by atoms with Crippen molar-refractivity contribution in [2.24, 2.45) is 5.92 Å². The van der Waals surface area contributed by atoms with E-state index in [1.54, 1.807) is 0 Å². The lowest BCUT2D eigenvalue weighted by atomic mass is 9.97. The predicted octanol–water partition coefficient (Wildman–Crippen LogP) is 4.68. The zero-order chi connectivity index (χ0) is 21.1. The summed E-state index contributed by atoms with van der Waals surface area (Å²) in [5, 5.41) is 2.81. The average molecular weight is 429 g/mol. The Kier molecular flexibility index (Phi) is 5.99. The summed E-state index contributed by atoms with van der Waals surface area (Å²) in [5.74, 6) is 0.233. The molecule has 1 atom stereocenters. The van der Waals surface area contributed by atoms with Gasteiger partial charge in [0.2, 0.25) is 5.91 Å². The summed E-state index contributed by atoms with van der Waals surface area (Å²) >= 11 is 5.82. The van der Waals surface area contributed by atoms with Gasteiger partial charge in [0.05, 0.1) is 28.6 Å². The van der Waals surface area contributed by atoms with Crippen molar-refractivity contribution in [1.29, 1.82) is 0 Å². The molecule has 1 fully saturated rings. The highest BCUT2D eigenvalue weighted by Crippen LogP contribution is 2.31. The molecule has 4 rings (SSSR count). The maximum absolute atomic E-state index is 13.4. The molecule has 0 aliphatic carbocycles. The fourth-order valence-corrected chi connectivity index (χ4v) is 3.80. The van der Waals surface area contributed by atoms with Gasteiger partial charge in [-0.3, -0.25) is 4.79 Å². The highest BCUT2D eigenvalue weighted by Gasteiger charge is 2.29. The maximum Gasteiger partial charge on any atom is 0.258 e. The molecule has 3 aromatic rings. The average Bonchev–Trinajstić information content (AvgIpc) is 2.76. The molecule has 1 aromatic heterocycles. The van der Waals surface area contributed by atoms with Crippen molar-refractivity contribution in [2.45, 2.75) is 19.8 Å². The number of hydrogen-bond acceptors (Lipinski definition) is 5. The van der Waals surface area contributed by atoms with Crippen molar-refractivity contribution in [1.82, 2.24) is 9.97 Å². The quantitative estimate of drug-likeness (QED) is 0.639. The highest BCUT2D eigenvalue weighted by atomic mass is 35.5. The van der Waals surface area contributed by atoms with Crippen LogP contribution in [0.2, 0.25) is 5.02 Å². The lowest BCUT2D eigenvalue weighted by Crippen LogP contribution is -2.41. The van der Waals surface area contributed by atoms with Gasteiger partial charge in [0.15, 0.2) is 5.82 Å². The fourth-order valence-electron chi connectivity index (χ4n) is 3.62. The number of nitrogens with one attached hydrogen (secondary N) is 1. The van der Waals surface area contributed by atoms with Crippen LogP contribution in [-0.2, 0) is 4.79 Å². The van der Waals surface area contributed by atoms with Crippen LogP contribution in [0.15, 0.2) is 42.5 Å². The number of amides is 1. The first-order valence-electron chi connectivity index (χ1n) is 9.95. The summed E-state index contributed by atoms with van der Waals surface area (Å²) in [6.45, 7) is 3.64. The van der Waals surface area contributed by atoms with Gasteiger partial charge in [0.1, 0.15) is 5.82 Å². The first-order valence-corrected chi connectivity index (χ1v) is 10.3. The zero-order valence-corrected chi connectivity index (χ0v) is 17.3. The van der Waals surface area contributed by atoms with Gasteiger partial charge in [0.25, 0.3) is 5.88 Å². The maximum atomic E-state index is 13.4. The normalized spacial score (nSPS) is 16.5. The van der Waals surface area contributed by atoms with E-state index in [9.17, 15) is 9.18 Å². The van der Waals surface area contributed by atoms with E-state index in [1.807, 2.05) is 31.2 Å². The molecule has 2 aromatic carbocycles. The van der Waals surface area contributed by atoms with E-state index < -0.39 is 5.82 Å². The van der Waals surface area contributed by atoms with Crippen LogP contribution in [0.5, 0.6) is 5.88 Å². The van der Waals surface area contributed by atoms with Crippen molar-refractivity contribution < 1.29 is 13.9 Å². The van der Waals surface area contributed by atoms with Gasteiger partial charge in [-0.15, -0.1) is 0 Å². The summed E-state index contributed by atoms with van der Waals surface area (Å²) in [4.78, 5) is 24.3. The van der Waals surface area contributed by atoms with Gasteiger partial charge in [-0.2, -0.15) is 0 Å². The largest absolute Gasteiger partial charge is 0.475 e. The Hall–Kier alpha value is -2.93. The van der Waals surface area contributed by atoms with E-state index in [4.69, 9.17) is 21.3 Å². The Morgan fingerprint density at radius 2 is 2.03 bits per heavy atom. The van der Waals surface area contributed by atoms with Crippen molar-refractivity contribution in [3.05, 3.63) is 53.3 Å². The third kappa shape index (κ3) is 4.31. The van der Waals surface area contributed by atoms with Crippen molar-refractivity contribution in [3.8, 4) is 5.88 Å². The Morgan fingerprint density at radius 3 is 2.77 bits per heavy atom. The first kappa shape index (κ1) is 20.3. The molecule has 6 nitrogen and oxygen atoms in total. The molecule has 30 heavy (non-hydrogen) atoms. The predicted molar refractivity (Wildman–Crippen MR) is 116 cm³/mol. The number of aromatic nitrogens is 2. The van der Waals surface area contributed by atoms with Gasteiger partial charge in [0, 0.05) is 18.8 Å². The van der Waals surface area contributed by atoms with Crippen LogP contribution in [0.3, 0.4) is 0 Å². The fraction of sp³-hybridized carbons (Fsp3) is 0.318. The molecule has 1 saturated heterocycles. The third-order valence-corrected chi connectivity index (χ3v) is 5.37. The summed E-state index contributed by atoms with van der Waals surface area (Å²) in [6.07, 6.45) is 1.59. The van der Waals surface area contributed by atoms with E-state index in [2.05, 4.69) is 15.2 Å². The summed E-state index contributed by atoms with van der Waals surface area (Å²) < 4.78 is 19.1. The molecule has 1 aliphatic heterocycles. The number of benzene rings is 2. The van der Waals surface area contributed by atoms with Gasteiger partial charge < -0.3 is 15.0 Å². The molecular weight excluding hydrogens is 407 g/mol. The Balaban J connectivity index is 1.55. The van der Waals surface area contributed by atoms with Crippen LogP contribution < -0.4 is 15.0 Å². The monoisotopic (exact) mass is 428 g/mol. The summed E-state index contributed by atoms with van der Waals surface area (Å²) in [7, 11) is 0. The molecule has 1 N–H and O–H groups in total. The number of para-hydroxylation sites is 2. The van der Waals surface area contributed by atoms with Crippen LogP contribution >= 0.6 is 11.6 Å². The molecule has 0 spiro atoms. The van der Waals surface area contributed by atoms with Crippen LogP contribution in [0.1, 0.15) is 19.8 Å². The molecule has 2 heterocycles. The van der Waals surface area contributed by atoms with Gasteiger partial charge in [-0.1, -0.05) is 23.7 Å². The van der Waals surface area contributed by atoms with E-state index in [-0.39, 0.29) is 16.8 Å². The minimum atomic E-state index is -0.517.